The highest BCUT2D eigenvalue weighted by atomic mass is 16.6. The van der Waals surface area contributed by atoms with Crippen LogP contribution in [0.2, 0.25) is 0 Å². The van der Waals surface area contributed by atoms with Gasteiger partial charge in [-0.25, -0.2) is 4.79 Å². The number of amides is 1. The molecule has 126 valence electrons. The van der Waals surface area contributed by atoms with Crippen LogP contribution >= 0.6 is 0 Å². The molecule has 5 nitrogen and oxygen atoms in total. The Morgan fingerprint density at radius 2 is 1.87 bits per heavy atom. The molecule has 1 aromatic rings. The van der Waals surface area contributed by atoms with Crippen LogP contribution in [0.25, 0.3) is 0 Å². The third-order valence-corrected chi connectivity index (χ3v) is 5.15. The molecular formula is C18H25NO4. The van der Waals surface area contributed by atoms with Crippen LogP contribution in [-0.2, 0) is 11.3 Å². The number of nitrogens with zero attached hydrogens (tertiary/aromatic N) is 1. The van der Waals surface area contributed by atoms with Gasteiger partial charge in [0.2, 0.25) is 0 Å². The summed E-state index contributed by atoms with van der Waals surface area (Å²) in [5.74, 6) is 0. The Labute approximate surface area is 136 Å². The molecule has 1 aliphatic carbocycles. The molecule has 1 spiro atoms. The lowest BCUT2D eigenvalue weighted by Gasteiger charge is -2.32. The number of aliphatic hydroxyl groups is 2. The van der Waals surface area contributed by atoms with Gasteiger partial charge in [-0.05, 0) is 30.2 Å². The van der Waals surface area contributed by atoms with Crippen LogP contribution < -0.4 is 0 Å². The van der Waals surface area contributed by atoms with E-state index in [0.717, 1.165) is 31.2 Å². The van der Waals surface area contributed by atoms with E-state index in [1.54, 1.807) is 4.90 Å². The largest absolute Gasteiger partial charge is 0.445 e. The van der Waals surface area contributed by atoms with E-state index in [9.17, 15) is 15.0 Å². The third kappa shape index (κ3) is 3.85. The van der Waals surface area contributed by atoms with Gasteiger partial charge in [-0.2, -0.15) is 0 Å². The predicted octanol–water partition coefficient (Wildman–Crippen LogP) is 2.31. The molecule has 1 aliphatic heterocycles. The number of hydrogen-bond acceptors (Lipinski definition) is 4. The molecule has 0 unspecified atom stereocenters. The lowest BCUT2D eigenvalue weighted by Crippen LogP contribution is -2.41. The first kappa shape index (κ1) is 16.3. The van der Waals surface area contributed by atoms with E-state index in [2.05, 4.69) is 0 Å². The summed E-state index contributed by atoms with van der Waals surface area (Å²) in [5, 5.41) is 20.3. The molecule has 0 bridgehead atoms. The average Bonchev–Trinajstić information content (AvgIpc) is 2.95. The second kappa shape index (κ2) is 6.89. The maximum Gasteiger partial charge on any atom is 0.410 e. The molecule has 1 amide bonds. The first-order valence-corrected chi connectivity index (χ1v) is 8.40. The van der Waals surface area contributed by atoms with Gasteiger partial charge in [0.25, 0.3) is 0 Å². The van der Waals surface area contributed by atoms with Gasteiger partial charge in [0, 0.05) is 6.54 Å². The van der Waals surface area contributed by atoms with Crippen LogP contribution in [0.15, 0.2) is 30.3 Å². The number of benzene rings is 1. The molecule has 1 heterocycles. The van der Waals surface area contributed by atoms with E-state index in [-0.39, 0.29) is 18.6 Å². The average molecular weight is 319 g/mol. The van der Waals surface area contributed by atoms with Crippen LogP contribution in [0.4, 0.5) is 4.79 Å². The zero-order chi connectivity index (χ0) is 16.3. The predicted molar refractivity (Wildman–Crippen MR) is 85.7 cm³/mol. The zero-order valence-corrected chi connectivity index (χ0v) is 13.4. The second-order valence-corrected chi connectivity index (χ2v) is 6.97. The summed E-state index contributed by atoms with van der Waals surface area (Å²) in [6.45, 7) is 0.924. The quantitative estimate of drug-likeness (QED) is 0.877. The van der Waals surface area contributed by atoms with Crippen LogP contribution in [0.1, 0.15) is 37.7 Å². The van der Waals surface area contributed by atoms with E-state index in [1.807, 2.05) is 30.3 Å². The molecule has 0 aromatic heterocycles. The van der Waals surface area contributed by atoms with Crippen molar-refractivity contribution >= 4 is 6.09 Å². The first-order chi connectivity index (χ1) is 11.1. The van der Waals surface area contributed by atoms with Crippen LogP contribution in [-0.4, -0.2) is 46.5 Å². The van der Waals surface area contributed by atoms with E-state index >= 15 is 0 Å². The summed E-state index contributed by atoms with van der Waals surface area (Å²) in [7, 11) is 0. The van der Waals surface area contributed by atoms with Crippen molar-refractivity contribution in [2.45, 2.75) is 50.9 Å². The van der Waals surface area contributed by atoms with E-state index in [0.29, 0.717) is 13.0 Å². The Balaban J connectivity index is 1.65. The van der Waals surface area contributed by atoms with Crippen molar-refractivity contribution in [2.75, 3.05) is 13.1 Å². The summed E-state index contributed by atoms with van der Waals surface area (Å²) in [6, 6.07) is 9.55. The summed E-state index contributed by atoms with van der Waals surface area (Å²) in [6.07, 6.45) is 2.73. The van der Waals surface area contributed by atoms with Crippen molar-refractivity contribution in [3.8, 4) is 0 Å². The highest BCUT2D eigenvalue weighted by molar-refractivity contribution is 5.67. The van der Waals surface area contributed by atoms with Gasteiger partial charge in [-0.3, -0.25) is 0 Å². The van der Waals surface area contributed by atoms with Crippen LogP contribution in [0.5, 0.6) is 0 Å². The Kier molecular flexibility index (Phi) is 4.87. The number of carbonyl (C=O) groups excluding carboxylic acids is 1. The van der Waals surface area contributed by atoms with E-state index in [1.165, 1.54) is 0 Å². The van der Waals surface area contributed by atoms with Gasteiger partial charge >= 0.3 is 6.09 Å². The monoisotopic (exact) mass is 319 g/mol. The van der Waals surface area contributed by atoms with E-state index in [4.69, 9.17) is 4.74 Å². The standard InChI is InChI=1S/C18H25NO4/c20-15-10-18(8-4-5-9-18)13-19(11-16(15)21)17(22)23-12-14-6-2-1-3-7-14/h1-3,6-7,15-16,20-21H,4-5,8-13H2/t15-,16+/m0/s1. The number of aliphatic hydroxyl groups excluding tert-OH is 2. The smallest absolute Gasteiger partial charge is 0.410 e. The maximum atomic E-state index is 12.4. The van der Waals surface area contributed by atoms with Crippen molar-refractivity contribution < 1.29 is 19.7 Å². The number of likely N-dealkylation sites (tertiary alicyclic amines) is 1. The van der Waals surface area contributed by atoms with Crippen LogP contribution in [0, 0.1) is 5.41 Å². The summed E-state index contributed by atoms with van der Waals surface area (Å²) < 4.78 is 5.40. The maximum absolute atomic E-state index is 12.4. The van der Waals surface area contributed by atoms with E-state index < -0.39 is 18.3 Å². The van der Waals surface area contributed by atoms with Crippen molar-refractivity contribution in [3.63, 3.8) is 0 Å². The minimum atomic E-state index is -0.903. The molecule has 1 saturated carbocycles. The highest BCUT2D eigenvalue weighted by Gasteiger charge is 2.43. The zero-order valence-electron chi connectivity index (χ0n) is 13.4. The number of hydrogen-bond donors (Lipinski definition) is 2. The molecule has 2 N–H and O–H groups in total. The fraction of sp³-hybridized carbons (Fsp3) is 0.611. The Bertz CT molecular complexity index is 527. The van der Waals surface area contributed by atoms with Crippen molar-refractivity contribution in [3.05, 3.63) is 35.9 Å². The van der Waals surface area contributed by atoms with Crippen molar-refractivity contribution in [1.29, 1.82) is 0 Å². The fourth-order valence-corrected chi connectivity index (χ4v) is 3.90. The molecule has 0 radical (unpaired) electrons. The minimum Gasteiger partial charge on any atom is -0.445 e. The van der Waals surface area contributed by atoms with Gasteiger partial charge in [-0.15, -0.1) is 0 Å². The molecule has 5 heteroatoms. The second-order valence-electron chi connectivity index (χ2n) is 6.97. The lowest BCUT2D eigenvalue weighted by atomic mass is 9.80. The molecule has 23 heavy (non-hydrogen) atoms. The SMILES string of the molecule is O=C(OCc1ccccc1)N1C[C@@H](O)[C@@H](O)CC2(CCCC2)C1. The number of carbonyl (C=O) groups is 1. The fourth-order valence-electron chi connectivity index (χ4n) is 3.90. The normalized spacial score (nSPS) is 27.0. The molecule has 1 aromatic carbocycles. The molecule has 3 rings (SSSR count). The molecule has 2 fully saturated rings. The minimum absolute atomic E-state index is 0.0668. The van der Waals surface area contributed by atoms with Gasteiger partial charge in [-0.1, -0.05) is 43.2 Å². The summed E-state index contributed by atoms with van der Waals surface area (Å²) >= 11 is 0. The van der Waals surface area contributed by atoms with Crippen LogP contribution in [0.3, 0.4) is 0 Å². The lowest BCUT2D eigenvalue weighted by molar-refractivity contribution is 0.000503. The Hall–Kier alpha value is -1.59. The Morgan fingerprint density at radius 1 is 1.17 bits per heavy atom. The summed E-state index contributed by atoms with van der Waals surface area (Å²) in [5.41, 5.74) is 0.870. The number of rotatable bonds is 2. The summed E-state index contributed by atoms with van der Waals surface area (Å²) in [4.78, 5) is 14.0. The molecule has 1 saturated heterocycles. The topological polar surface area (TPSA) is 70.0 Å². The molecule has 2 aliphatic rings. The number of β-amino-alcohol motifs (C(OH)–C–C–N with tert-alkyl or cyclic N) is 1. The third-order valence-electron chi connectivity index (χ3n) is 5.15. The molecular weight excluding hydrogens is 294 g/mol. The van der Waals surface area contributed by atoms with Gasteiger partial charge < -0.3 is 19.8 Å². The van der Waals surface area contributed by atoms with Crippen molar-refractivity contribution in [2.24, 2.45) is 5.41 Å². The first-order valence-electron chi connectivity index (χ1n) is 8.40. The van der Waals surface area contributed by atoms with Gasteiger partial charge in [0.05, 0.1) is 18.8 Å². The van der Waals surface area contributed by atoms with Gasteiger partial charge in [0.1, 0.15) is 6.61 Å². The highest BCUT2D eigenvalue weighted by Crippen LogP contribution is 2.44. The number of ether oxygens (including phenoxy) is 1. The van der Waals surface area contributed by atoms with Gasteiger partial charge in [0.15, 0.2) is 0 Å². The molecule has 2 atom stereocenters. The van der Waals surface area contributed by atoms with Crippen molar-refractivity contribution in [1.82, 2.24) is 4.90 Å². The Morgan fingerprint density at radius 3 is 2.57 bits per heavy atom.